The van der Waals surface area contributed by atoms with Gasteiger partial charge in [-0.25, -0.2) is 0 Å². The topological polar surface area (TPSA) is 68.4 Å². The fraction of sp³-hybridized carbons (Fsp3) is 0.160. The highest BCUT2D eigenvalue weighted by Gasteiger charge is 2.27. The van der Waals surface area contributed by atoms with Crippen LogP contribution in [0.3, 0.4) is 0 Å². The van der Waals surface area contributed by atoms with Crippen molar-refractivity contribution in [1.82, 2.24) is 9.47 Å². The first-order valence-electron chi connectivity index (χ1n) is 10.3. The molecule has 5 rings (SSSR count). The van der Waals surface area contributed by atoms with Gasteiger partial charge >= 0.3 is 0 Å². The molecule has 0 N–H and O–H groups in total. The summed E-state index contributed by atoms with van der Waals surface area (Å²) in [6, 6.07) is 24.6. The van der Waals surface area contributed by atoms with E-state index in [-0.39, 0.29) is 11.6 Å². The van der Waals surface area contributed by atoms with Crippen molar-refractivity contribution in [2.24, 2.45) is 0 Å². The first kappa shape index (κ1) is 19.1. The molecule has 1 aliphatic rings. The number of nitrogens with zero attached hydrogens (tertiary/aromatic N) is 3. The number of non-ortho nitro benzene ring substituents is 1. The summed E-state index contributed by atoms with van der Waals surface area (Å²) in [6.07, 6.45) is 0.773. The van der Waals surface area contributed by atoms with Crippen molar-refractivity contribution in [3.8, 4) is 0 Å². The molecule has 4 aromatic rings. The predicted molar refractivity (Wildman–Crippen MR) is 119 cm³/mol. The average Bonchev–Trinajstić information content (AvgIpc) is 3.12. The van der Waals surface area contributed by atoms with Crippen molar-refractivity contribution < 1.29 is 9.72 Å². The van der Waals surface area contributed by atoms with Gasteiger partial charge in [0.15, 0.2) is 0 Å². The molecule has 31 heavy (non-hydrogen) atoms. The first-order chi connectivity index (χ1) is 15.1. The number of carbonyl (C=O) groups is 1. The van der Waals surface area contributed by atoms with Crippen molar-refractivity contribution in [3.63, 3.8) is 0 Å². The van der Waals surface area contributed by atoms with E-state index in [1.54, 1.807) is 0 Å². The number of fused-ring (bicyclic) bond motifs is 3. The van der Waals surface area contributed by atoms with Crippen LogP contribution in [0.25, 0.3) is 10.9 Å². The molecule has 1 aliphatic heterocycles. The van der Waals surface area contributed by atoms with Crippen LogP contribution in [0.2, 0.25) is 0 Å². The Morgan fingerprint density at radius 1 is 0.935 bits per heavy atom. The number of hydrogen-bond donors (Lipinski definition) is 0. The summed E-state index contributed by atoms with van der Waals surface area (Å²) in [5.41, 5.74) is 5.35. The van der Waals surface area contributed by atoms with E-state index in [2.05, 4.69) is 47.0 Å². The van der Waals surface area contributed by atoms with Gasteiger partial charge < -0.3 is 9.47 Å². The molecule has 0 unspecified atom stereocenters. The Hall–Kier alpha value is -3.93. The lowest BCUT2D eigenvalue weighted by atomic mass is 10.0. The second kappa shape index (κ2) is 7.72. The molecule has 0 atom stereocenters. The molecular weight excluding hydrogens is 390 g/mol. The monoisotopic (exact) mass is 411 g/mol. The van der Waals surface area contributed by atoms with Crippen LogP contribution in [0.4, 0.5) is 5.69 Å². The van der Waals surface area contributed by atoms with E-state index >= 15 is 0 Å². The summed E-state index contributed by atoms with van der Waals surface area (Å²) in [5, 5.41) is 12.1. The summed E-state index contributed by atoms with van der Waals surface area (Å²) in [5.74, 6) is -0.0968. The van der Waals surface area contributed by atoms with Crippen LogP contribution in [-0.2, 0) is 19.5 Å². The van der Waals surface area contributed by atoms with Crippen molar-refractivity contribution >= 4 is 22.5 Å². The number of rotatable bonds is 4. The Morgan fingerprint density at radius 2 is 1.65 bits per heavy atom. The summed E-state index contributed by atoms with van der Waals surface area (Å²) < 4.78 is 2.37. The van der Waals surface area contributed by atoms with Crippen LogP contribution in [0.5, 0.6) is 0 Å². The van der Waals surface area contributed by atoms with Crippen LogP contribution in [0.1, 0.15) is 27.2 Å². The third-order valence-corrected chi connectivity index (χ3v) is 5.96. The van der Waals surface area contributed by atoms with Gasteiger partial charge in [-0.3, -0.25) is 14.9 Å². The molecule has 6 nitrogen and oxygen atoms in total. The fourth-order valence-electron chi connectivity index (χ4n) is 4.43. The molecule has 0 spiro atoms. The average molecular weight is 411 g/mol. The summed E-state index contributed by atoms with van der Waals surface area (Å²) in [6.45, 7) is 1.95. The van der Waals surface area contributed by atoms with E-state index in [4.69, 9.17) is 0 Å². The zero-order valence-electron chi connectivity index (χ0n) is 16.9. The van der Waals surface area contributed by atoms with Gasteiger partial charge in [0, 0.05) is 65.9 Å². The van der Waals surface area contributed by atoms with Crippen molar-refractivity contribution in [2.45, 2.75) is 19.5 Å². The number of nitro benzene ring substituents is 1. The zero-order valence-corrected chi connectivity index (χ0v) is 16.9. The molecule has 0 saturated carbocycles. The van der Waals surface area contributed by atoms with Gasteiger partial charge in [0.25, 0.3) is 11.6 Å². The third-order valence-electron chi connectivity index (χ3n) is 5.96. The molecule has 0 aliphatic carbocycles. The Kier molecular flexibility index (Phi) is 4.75. The van der Waals surface area contributed by atoms with Gasteiger partial charge in [-0.1, -0.05) is 48.5 Å². The molecule has 0 saturated heterocycles. The van der Waals surface area contributed by atoms with Crippen molar-refractivity contribution in [3.05, 3.63) is 111 Å². The summed E-state index contributed by atoms with van der Waals surface area (Å²) in [7, 11) is 0. The number of benzene rings is 3. The van der Waals surface area contributed by atoms with Gasteiger partial charge in [0.05, 0.1) is 4.92 Å². The molecule has 1 aromatic heterocycles. The van der Waals surface area contributed by atoms with Crippen LogP contribution < -0.4 is 0 Å². The number of amides is 1. The van der Waals surface area contributed by atoms with Gasteiger partial charge in [-0.05, 0) is 23.8 Å². The quantitative estimate of drug-likeness (QED) is 0.358. The lowest BCUT2D eigenvalue weighted by Gasteiger charge is -2.28. The number of aromatic nitrogens is 1. The highest BCUT2D eigenvalue weighted by atomic mass is 16.6. The van der Waals surface area contributed by atoms with E-state index in [9.17, 15) is 14.9 Å². The molecular formula is C25H21N3O3. The molecule has 0 fully saturated rings. The minimum atomic E-state index is -0.455. The molecule has 154 valence electrons. The largest absolute Gasteiger partial charge is 0.340 e. The van der Waals surface area contributed by atoms with Crippen LogP contribution in [0, 0.1) is 10.1 Å². The highest BCUT2D eigenvalue weighted by molar-refractivity contribution is 5.95. The Bertz CT molecular complexity index is 1280. The van der Waals surface area contributed by atoms with E-state index in [1.165, 1.54) is 52.0 Å². The third kappa shape index (κ3) is 3.46. The fourth-order valence-corrected chi connectivity index (χ4v) is 4.43. The van der Waals surface area contributed by atoms with Crippen molar-refractivity contribution in [2.75, 3.05) is 6.54 Å². The Labute approximate surface area is 179 Å². The predicted octanol–water partition coefficient (Wildman–Crippen LogP) is 4.80. The standard InChI is InChI=1S/C25H21N3O3/c29-25(19-10-12-20(13-11-19)28(30)31)26-15-14-24-22(17-26)21-8-4-5-9-23(21)27(24)16-18-6-2-1-3-7-18/h1-13H,14-17H2. The maximum Gasteiger partial charge on any atom is 0.269 e. The zero-order chi connectivity index (χ0) is 21.4. The summed E-state index contributed by atoms with van der Waals surface area (Å²) in [4.78, 5) is 25.3. The molecule has 2 heterocycles. The Balaban J connectivity index is 1.48. The number of hydrogen-bond acceptors (Lipinski definition) is 3. The maximum atomic E-state index is 13.1. The minimum absolute atomic E-state index is 0.0125. The molecule has 3 aromatic carbocycles. The summed E-state index contributed by atoms with van der Waals surface area (Å²) >= 11 is 0. The SMILES string of the molecule is O=C(c1ccc([N+](=O)[O-])cc1)N1CCc2c(c3ccccc3n2Cc2ccccc2)C1. The van der Waals surface area contributed by atoms with Gasteiger partial charge in [0.2, 0.25) is 0 Å². The second-order valence-electron chi connectivity index (χ2n) is 7.79. The first-order valence-corrected chi connectivity index (χ1v) is 10.3. The normalized spacial score (nSPS) is 13.2. The van der Waals surface area contributed by atoms with Crippen molar-refractivity contribution in [1.29, 1.82) is 0 Å². The van der Waals surface area contributed by atoms with Crippen LogP contribution in [0.15, 0.2) is 78.9 Å². The Morgan fingerprint density at radius 3 is 2.39 bits per heavy atom. The van der Waals surface area contributed by atoms with Gasteiger partial charge in [-0.2, -0.15) is 0 Å². The number of para-hydroxylation sites is 1. The molecule has 0 bridgehead atoms. The molecule has 1 amide bonds. The van der Waals surface area contributed by atoms with Gasteiger partial charge in [-0.15, -0.1) is 0 Å². The number of carbonyl (C=O) groups excluding carboxylic acids is 1. The lowest BCUT2D eigenvalue weighted by molar-refractivity contribution is -0.384. The molecule has 6 heteroatoms. The second-order valence-corrected chi connectivity index (χ2v) is 7.79. The molecule has 0 radical (unpaired) electrons. The highest BCUT2D eigenvalue weighted by Crippen LogP contribution is 2.32. The van der Waals surface area contributed by atoms with E-state index in [0.29, 0.717) is 18.7 Å². The van der Waals surface area contributed by atoms with E-state index in [0.717, 1.165) is 13.0 Å². The lowest BCUT2D eigenvalue weighted by Crippen LogP contribution is -2.36. The maximum absolute atomic E-state index is 13.1. The van der Waals surface area contributed by atoms with E-state index < -0.39 is 4.92 Å². The minimum Gasteiger partial charge on any atom is -0.340 e. The van der Waals surface area contributed by atoms with Crippen LogP contribution >= 0.6 is 0 Å². The smallest absolute Gasteiger partial charge is 0.269 e. The van der Waals surface area contributed by atoms with Gasteiger partial charge in [0.1, 0.15) is 0 Å². The number of nitro groups is 1. The van der Waals surface area contributed by atoms with Crippen LogP contribution in [-0.4, -0.2) is 26.8 Å². The van der Waals surface area contributed by atoms with E-state index in [1.807, 2.05) is 17.0 Å².